The summed E-state index contributed by atoms with van der Waals surface area (Å²) in [4.78, 5) is 51.5. The number of rotatable bonds is 19. The first-order valence-corrected chi connectivity index (χ1v) is 16.6. The van der Waals surface area contributed by atoms with Crippen LogP contribution in [-0.2, 0) is 28.5 Å². The van der Waals surface area contributed by atoms with E-state index in [0.717, 1.165) is 22.9 Å². The van der Waals surface area contributed by atoms with E-state index >= 15 is 0 Å². The predicted octanol–water partition coefficient (Wildman–Crippen LogP) is 2.91. The number of nitrogens with one attached hydrogen (secondary N) is 4. The third kappa shape index (κ3) is 12.0. The van der Waals surface area contributed by atoms with Gasteiger partial charge in [0, 0.05) is 23.5 Å². The summed E-state index contributed by atoms with van der Waals surface area (Å²) in [5.74, 6) is -1.20. The largest absolute Gasteiger partial charge is 0.379 e. The fraction of sp³-hybridized carbons (Fsp3) is 0.455. The van der Waals surface area contributed by atoms with Gasteiger partial charge in [-0.3, -0.25) is 19.2 Å². The molecule has 4 amide bonds. The molecule has 0 aliphatic carbocycles. The number of fused-ring (bicyclic) bond motifs is 1. The molecule has 1 aliphatic heterocycles. The van der Waals surface area contributed by atoms with Crippen LogP contribution in [-0.4, -0.2) is 95.6 Å². The van der Waals surface area contributed by atoms with Crippen LogP contribution in [0.15, 0.2) is 48.5 Å². The van der Waals surface area contributed by atoms with E-state index in [0.29, 0.717) is 82.0 Å². The molecule has 1 fully saturated rings. The number of hydrogen-bond acceptors (Lipinski definition) is 10. The molecule has 0 radical (unpaired) electrons. The lowest BCUT2D eigenvalue weighted by molar-refractivity contribution is -0.122. The van der Waals surface area contributed by atoms with Crippen LogP contribution >= 0.6 is 11.3 Å². The number of carbonyl (C=O) groups is 4. The van der Waals surface area contributed by atoms with Crippen LogP contribution in [0.5, 0.6) is 0 Å². The molecule has 1 atom stereocenters. The topological polar surface area (TPSA) is 179 Å². The van der Waals surface area contributed by atoms with E-state index < -0.39 is 11.9 Å². The predicted molar refractivity (Wildman–Crippen MR) is 180 cm³/mol. The Bertz CT molecular complexity index is 1480. The van der Waals surface area contributed by atoms with E-state index in [1.54, 1.807) is 42.5 Å². The molecule has 0 spiro atoms. The third-order valence-corrected chi connectivity index (χ3v) is 8.25. The standard InChI is InChI=1S/C33H43N5O8S/c34-11-14-44-16-18-46-20-19-45-17-15-43-13-10-30(39)36-24-8-9-28-23(21-24)22-29(47-28)33(42)37-26-6-2-1-5-25(26)31(40)38-27-7-3-4-12-35-32(27)41/h1-2,5-6,8-9,21-22,27H,3-4,7,10-20,34H2,(H,35,41)(H,36,39)(H,37,42)(H,38,40). The van der Waals surface area contributed by atoms with Gasteiger partial charge in [-0.15, -0.1) is 11.3 Å². The Labute approximate surface area is 277 Å². The Kier molecular flexibility index (Phi) is 15.0. The number of para-hydroxylation sites is 1. The van der Waals surface area contributed by atoms with Gasteiger partial charge in [0.1, 0.15) is 6.04 Å². The Morgan fingerprint density at radius 1 is 0.830 bits per heavy atom. The monoisotopic (exact) mass is 669 g/mol. The van der Waals surface area contributed by atoms with Crippen LogP contribution in [0.25, 0.3) is 10.1 Å². The minimum atomic E-state index is -0.618. The number of thiophene rings is 1. The highest BCUT2D eigenvalue weighted by atomic mass is 32.1. The van der Waals surface area contributed by atoms with Crippen molar-refractivity contribution in [3.63, 3.8) is 0 Å². The third-order valence-electron chi connectivity index (χ3n) is 7.14. The number of ether oxygens (including phenoxy) is 4. The van der Waals surface area contributed by atoms with E-state index in [1.807, 2.05) is 6.07 Å². The smallest absolute Gasteiger partial charge is 0.265 e. The Morgan fingerprint density at radius 2 is 1.53 bits per heavy atom. The SMILES string of the molecule is NCCOCCOCCOCCOCCC(=O)Nc1ccc2sc(C(=O)Nc3ccccc3C(=O)NC3CCCCNC3=O)cc2c1. The number of benzene rings is 2. The summed E-state index contributed by atoms with van der Waals surface area (Å²) in [6.07, 6.45) is 2.43. The van der Waals surface area contributed by atoms with Gasteiger partial charge in [-0.1, -0.05) is 12.1 Å². The summed E-state index contributed by atoms with van der Waals surface area (Å²) < 4.78 is 22.4. The van der Waals surface area contributed by atoms with Crippen LogP contribution in [0.2, 0.25) is 0 Å². The van der Waals surface area contributed by atoms with Gasteiger partial charge < -0.3 is 45.9 Å². The van der Waals surface area contributed by atoms with Crippen molar-refractivity contribution in [3.8, 4) is 0 Å². The molecular formula is C33H43N5O8S. The molecule has 0 saturated carbocycles. The number of nitrogens with two attached hydrogens (primary N) is 1. The summed E-state index contributed by atoms with van der Waals surface area (Å²) in [6, 6.07) is 13.2. The van der Waals surface area contributed by atoms with Crippen molar-refractivity contribution >= 4 is 56.4 Å². The van der Waals surface area contributed by atoms with E-state index in [2.05, 4.69) is 21.3 Å². The summed E-state index contributed by atoms with van der Waals surface area (Å²) >= 11 is 1.30. The minimum absolute atomic E-state index is 0.180. The molecule has 1 unspecified atom stereocenters. The number of amides is 4. The second kappa shape index (κ2) is 19.7. The average Bonchev–Trinajstić information content (AvgIpc) is 3.39. The zero-order chi connectivity index (χ0) is 33.3. The van der Waals surface area contributed by atoms with Gasteiger partial charge in [0.15, 0.2) is 0 Å². The zero-order valence-electron chi connectivity index (χ0n) is 26.3. The number of carbonyl (C=O) groups excluding carboxylic acids is 4. The normalized spacial score (nSPS) is 14.7. The number of anilines is 2. The van der Waals surface area contributed by atoms with Gasteiger partial charge in [0.25, 0.3) is 11.8 Å². The number of hydrogen-bond donors (Lipinski definition) is 5. The van der Waals surface area contributed by atoms with Gasteiger partial charge in [0.05, 0.1) is 75.4 Å². The molecule has 47 heavy (non-hydrogen) atoms. The average molecular weight is 670 g/mol. The molecule has 1 aromatic heterocycles. The van der Waals surface area contributed by atoms with Crippen LogP contribution in [0.3, 0.4) is 0 Å². The Hall–Kier alpha value is -3.92. The second-order valence-corrected chi connectivity index (χ2v) is 11.8. The van der Waals surface area contributed by atoms with E-state index in [-0.39, 0.29) is 36.3 Å². The lowest BCUT2D eigenvalue weighted by atomic mass is 10.1. The fourth-order valence-corrected chi connectivity index (χ4v) is 5.69. The van der Waals surface area contributed by atoms with Crippen molar-refractivity contribution in [3.05, 3.63) is 59.0 Å². The van der Waals surface area contributed by atoms with Crippen LogP contribution in [0, 0.1) is 0 Å². The molecule has 3 aromatic rings. The van der Waals surface area contributed by atoms with Gasteiger partial charge in [0.2, 0.25) is 11.8 Å². The molecule has 1 aliphatic rings. The molecule has 254 valence electrons. The van der Waals surface area contributed by atoms with Crippen LogP contribution in [0.1, 0.15) is 45.7 Å². The summed E-state index contributed by atoms with van der Waals surface area (Å²) in [6.45, 7) is 4.53. The highest BCUT2D eigenvalue weighted by Crippen LogP contribution is 2.29. The van der Waals surface area contributed by atoms with Crippen molar-refractivity contribution in [2.24, 2.45) is 5.73 Å². The lowest BCUT2D eigenvalue weighted by Gasteiger charge is -2.17. The molecular weight excluding hydrogens is 626 g/mol. The summed E-state index contributed by atoms with van der Waals surface area (Å²) in [5, 5.41) is 12.1. The van der Waals surface area contributed by atoms with Gasteiger partial charge >= 0.3 is 0 Å². The summed E-state index contributed by atoms with van der Waals surface area (Å²) in [5.41, 5.74) is 6.56. The van der Waals surface area contributed by atoms with E-state index in [9.17, 15) is 19.2 Å². The summed E-state index contributed by atoms with van der Waals surface area (Å²) in [7, 11) is 0. The molecule has 14 heteroatoms. The molecule has 1 saturated heterocycles. The van der Waals surface area contributed by atoms with Crippen LogP contribution in [0.4, 0.5) is 11.4 Å². The minimum Gasteiger partial charge on any atom is -0.379 e. The fourth-order valence-electron chi connectivity index (χ4n) is 4.75. The maximum atomic E-state index is 13.2. The van der Waals surface area contributed by atoms with Gasteiger partial charge in [-0.05, 0) is 61.0 Å². The first kappa shape index (κ1) is 35.9. The molecule has 6 N–H and O–H groups in total. The molecule has 13 nitrogen and oxygen atoms in total. The highest BCUT2D eigenvalue weighted by molar-refractivity contribution is 7.20. The van der Waals surface area contributed by atoms with Crippen molar-refractivity contribution in [1.82, 2.24) is 10.6 Å². The van der Waals surface area contributed by atoms with Crippen molar-refractivity contribution < 1.29 is 38.1 Å². The Balaban J connectivity index is 1.20. The molecule has 2 aromatic carbocycles. The maximum absolute atomic E-state index is 13.2. The van der Waals surface area contributed by atoms with Crippen molar-refractivity contribution in [2.45, 2.75) is 31.7 Å². The molecule has 2 heterocycles. The molecule has 0 bridgehead atoms. The quantitative estimate of drug-likeness (QED) is 0.120. The lowest BCUT2D eigenvalue weighted by Crippen LogP contribution is -2.45. The first-order chi connectivity index (χ1) is 22.9. The van der Waals surface area contributed by atoms with Gasteiger partial charge in [-0.25, -0.2) is 0 Å². The van der Waals surface area contributed by atoms with Crippen LogP contribution < -0.4 is 27.0 Å². The van der Waals surface area contributed by atoms with E-state index in [1.165, 1.54) is 11.3 Å². The maximum Gasteiger partial charge on any atom is 0.265 e. The Morgan fingerprint density at radius 3 is 2.28 bits per heavy atom. The van der Waals surface area contributed by atoms with Crippen molar-refractivity contribution in [2.75, 3.05) is 76.6 Å². The van der Waals surface area contributed by atoms with Gasteiger partial charge in [-0.2, -0.15) is 0 Å². The highest BCUT2D eigenvalue weighted by Gasteiger charge is 2.24. The molecule has 4 rings (SSSR count). The first-order valence-electron chi connectivity index (χ1n) is 15.8. The van der Waals surface area contributed by atoms with E-state index in [4.69, 9.17) is 24.7 Å². The van der Waals surface area contributed by atoms with Crippen molar-refractivity contribution in [1.29, 1.82) is 0 Å². The second-order valence-electron chi connectivity index (χ2n) is 10.7. The zero-order valence-corrected chi connectivity index (χ0v) is 27.2.